The highest BCUT2D eigenvalue weighted by atomic mass is 16.5. The Kier molecular flexibility index (Phi) is 3.19. The Morgan fingerprint density at radius 2 is 2.12 bits per heavy atom. The van der Waals surface area contributed by atoms with E-state index in [0.717, 1.165) is 30.8 Å². The molecule has 2 heterocycles. The van der Waals surface area contributed by atoms with E-state index in [-0.39, 0.29) is 5.54 Å². The van der Waals surface area contributed by atoms with Crippen molar-refractivity contribution in [3.8, 4) is 0 Å². The summed E-state index contributed by atoms with van der Waals surface area (Å²) in [4.78, 5) is 8.56. The van der Waals surface area contributed by atoms with Crippen molar-refractivity contribution < 1.29 is 4.74 Å². The third-order valence-corrected chi connectivity index (χ3v) is 3.15. The zero-order valence-corrected chi connectivity index (χ0v) is 10.7. The van der Waals surface area contributed by atoms with Crippen LogP contribution in [0.2, 0.25) is 0 Å². The second-order valence-electron chi connectivity index (χ2n) is 4.97. The van der Waals surface area contributed by atoms with Crippen molar-refractivity contribution in [2.75, 3.05) is 24.3 Å². The van der Waals surface area contributed by atoms with Crippen molar-refractivity contribution in [3.63, 3.8) is 0 Å². The lowest BCUT2D eigenvalue weighted by Gasteiger charge is -2.35. The second kappa shape index (κ2) is 4.49. The number of ether oxygens (including phenoxy) is 1. The molecule has 5 heteroatoms. The smallest absolute Gasteiger partial charge is 0.135 e. The fourth-order valence-electron chi connectivity index (χ4n) is 2.09. The monoisotopic (exact) mass is 236 g/mol. The van der Waals surface area contributed by atoms with Crippen molar-refractivity contribution in [3.05, 3.63) is 11.4 Å². The van der Waals surface area contributed by atoms with Crippen LogP contribution in [0.4, 0.5) is 11.6 Å². The van der Waals surface area contributed by atoms with E-state index in [4.69, 9.17) is 10.5 Å². The fourth-order valence-corrected chi connectivity index (χ4v) is 2.09. The van der Waals surface area contributed by atoms with Crippen molar-refractivity contribution in [2.45, 2.75) is 39.2 Å². The number of nitrogens with one attached hydrogen (secondary N) is 1. The summed E-state index contributed by atoms with van der Waals surface area (Å²) in [7, 11) is 0. The van der Waals surface area contributed by atoms with E-state index >= 15 is 0 Å². The zero-order chi connectivity index (χ0) is 12.5. The average Bonchev–Trinajstić information content (AvgIpc) is 2.26. The maximum Gasteiger partial charge on any atom is 0.135 e. The average molecular weight is 236 g/mol. The predicted octanol–water partition coefficient (Wildman–Crippen LogP) is 1.66. The highest BCUT2D eigenvalue weighted by molar-refractivity contribution is 5.55. The quantitative estimate of drug-likeness (QED) is 0.817. The van der Waals surface area contributed by atoms with Crippen LogP contribution in [0.15, 0.2) is 0 Å². The Labute approximate surface area is 102 Å². The van der Waals surface area contributed by atoms with Crippen LogP contribution in [0.5, 0.6) is 0 Å². The summed E-state index contributed by atoms with van der Waals surface area (Å²) in [6.45, 7) is 7.49. The molecule has 0 spiro atoms. The first kappa shape index (κ1) is 12.1. The van der Waals surface area contributed by atoms with Crippen LogP contribution >= 0.6 is 0 Å². The molecule has 94 valence electrons. The minimum atomic E-state index is -0.0593. The summed E-state index contributed by atoms with van der Waals surface area (Å²) < 4.78 is 5.52. The summed E-state index contributed by atoms with van der Waals surface area (Å²) in [5, 5.41) is 3.45. The third-order valence-electron chi connectivity index (χ3n) is 3.15. The Balaban J connectivity index is 2.23. The molecule has 1 unspecified atom stereocenters. The van der Waals surface area contributed by atoms with E-state index in [0.29, 0.717) is 18.2 Å². The van der Waals surface area contributed by atoms with Gasteiger partial charge in [0.2, 0.25) is 0 Å². The molecule has 1 aromatic heterocycles. The van der Waals surface area contributed by atoms with Gasteiger partial charge in [0.15, 0.2) is 0 Å². The molecule has 0 aromatic carbocycles. The Morgan fingerprint density at radius 3 is 2.76 bits per heavy atom. The third kappa shape index (κ3) is 2.66. The van der Waals surface area contributed by atoms with Gasteiger partial charge in [0.25, 0.3) is 0 Å². The van der Waals surface area contributed by atoms with Gasteiger partial charge in [-0.3, -0.25) is 0 Å². The van der Waals surface area contributed by atoms with Gasteiger partial charge in [-0.05, 0) is 33.6 Å². The number of hydrogen-bond acceptors (Lipinski definition) is 5. The molecule has 1 aromatic rings. The molecular formula is C12H20N4O. The van der Waals surface area contributed by atoms with Gasteiger partial charge in [-0.15, -0.1) is 0 Å². The highest BCUT2D eigenvalue weighted by Crippen LogP contribution is 2.26. The van der Waals surface area contributed by atoms with Gasteiger partial charge in [0.05, 0.1) is 12.1 Å². The van der Waals surface area contributed by atoms with Gasteiger partial charge in [-0.2, -0.15) is 0 Å². The highest BCUT2D eigenvalue weighted by Gasteiger charge is 2.28. The second-order valence-corrected chi connectivity index (χ2v) is 4.97. The predicted molar refractivity (Wildman–Crippen MR) is 68.0 cm³/mol. The zero-order valence-electron chi connectivity index (χ0n) is 10.7. The minimum absolute atomic E-state index is 0.0593. The van der Waals surface area contributed by atoms with E-state index < -0.39 is 0 Å². The van der Waals surface area contributed by atoms with Crippen molar-refractivity contribution in [1.29, 1.82) is 0 Å². The molecule has 0 saturated carbocycles. The van der Waals surface area contributed by atoms with E-state index in [2.05, 4.69) is 22.2 Å². The van der Waals surface area contributed by atoms with Gasteiger partial charge in [-0.25, -0.2) is 9.97 Å². The molecule has 2 rings (SSSR count). The number of nitrogen functional groups attached to an aromatic ring is 1. The standard InChI is InChI=1S/C12H20N4O/c1-8-10(13)14-9(2)15-11(8)16-12(3)5-4-6-17-7-12/h4-7H2,1-3H3,(H3,13,14,15,16). The lowest BCUT2D eigenvalue weighted by Crippen LogP contribution is -2.43. The molecule has 0 aliphatic carbocycles. The molecular weight excluding hydrogens is 216 g/mol. The van der Waals surface area contributed by atoms with E-state index in [9.17, 15) is 0 Å². The van der Waals surface area contributed by atoms with Crippen LogP contribution in [0.3, 0.4) is 0 Å². The van der Waals surface area contributed by atoms with E-state index in [1.165, 1.54) is 0 Å². The number of nitrogens with zero attached hydrogens (tertiary/aromatic N) is 2. The Bertz CT molecular complexity index is 413. The van der Waals surface area contributed by atoms with Gasteiger partial charge in [0, 0.05) is 12.2 Å². The first-order valence-corrected chi connectivity index (χ1v) is 5.97. The number of anilines is 2. The maximum atomic E-state index is 5.85. The molecule has 1 atom stereocenters. The first-order valence-electron chi connectivity index (χ1n) is 5.97. The first-order chi connectivity index (χ1) is 8.00. The number of hydrogen-bond donors (Lipinski definition) is 2. The number of nitrogens with two attached hydrogens (primary N) is 1. The molecule has 1 aliphatic rings. The largest absolute Gasteiger partial charge is 0.383 e. The van der Waals surface area contributed by atoms with Gasteiger partial charge >= 0.3 is 0 Å². The van der Waals surface area contributed by atoms with Crippen molar-refractivity contribution in [1.82, 2.24) is 9.97 Å². The van der Waals surface area contributed by atoms with Crippen molar-refractivity contribution in [2.24, 2.45) is 0 Å². The van der Waals surface area contributed by atoms with E-state index in [1.807, 2.05) is 13.8 Å². The van der Waals surface area contributed by atoms with Crippen LogP contribution in [-0.2, 0) is 4.74 Å². The van der Waals surface area contributed by atoms with Gasteiger partial charge in [-0.1, -0.05) is 0 Å². The van der Waals surface area contributed by atoms with Gasteiger partial charge < -0.3 is 15.8 Å². The number of aromatic nitrogens is 2. The van der Waals surface area contributed by atoms with Crippen LogP contribution in [0, 0.1) is 13.8 Å². The molecule has 1 saturated heterocycles. The van der Waals surface area contributed by atoms with Crippen LogP contribution in [0.25, 0.3) is 0 Å². The molecule has 17 heavy (non-hydrogen) atoms. The molecule has 5 nitrogen and oxygen atoms in total. The SMILES string of the molecule is Cc1nc(N)c(C)c(NC2(C)CCCOC2)n1. The Morgan fingerprint density at radius 1 is 1.35 bits per heavy atom. The topological polar surface area (TPSA) is 73.1 Å². The summed E-state index contributed by atoms with van der Waals surface area (Å²) in [5.41, 5.74) is 6.69. The van der Waals surface area contributed by atoms with Crippen LogP contribution in [-0.4, -0.2) is 28.7 Å². The fraction of sp³-hybridized carbons (Fsp3) is 0.667. The Hall–Kier alpha value is -1.36. The van der Waals surface area contributed by atoms with Gasteiger partial charge in [0.1, 0.15) is 17.5 Å². The molecule has 1 fully saturated rings. The van der Waals surface area contributed by atoms with E-state index in [1.54, 1.807) is 0 Å². The maximum absolute atomic E-state index is 5.85. The molecule has 0 bridgehead atoms. The normalized spacial score (nSPS) is 24.6. The molecule has 3 N–H and O–H groups in total. The lowest BCUT2D eigenvalue weighted by atomic mass is 9.95. The lowest BCUT2D eigenvalue weighted by molar-refractivity contribution is 0.0538. The molecule has 0 radical (unpaired) electrons. The number of rotatable bonds is 2. The number of aryl methyl sites for hydroxylation is 1. The van der Waals surface area contributed by atoms with Crippen LogP contribution < -0.4 is 11.1 Å². The van der Waals surface area contributed by atoms with Crippen LogP contribution in [0.1, 0.15) is 31.2 Å². The summed E-state index contributed by atoms with van der Waals surface area (Å²) in [6.07, 6.45) is 2.15. The van der Waals surface area contributed by atoms with Crippen molar-refractivity contribution >= 4 is 11.6 Å². The molecule has 1 aliphatic heterocycles. The summed E-state index contributed by atoms with van der Waals surface area (Å²) in [5.74, 6) is 2.05. The summed E-state index contributed by atoms with van der Waals surface area (Å²) >= 11 is 0. The minimum Gasteiger partial charge on any atom is -0.383 e. The summed E-state index contributed by atoms with van der Waals surface area (Å²) in [6, 6.07) is 0. The molecule has 0 amide bonds.